The number of benzene rings is 2. The number of nitrogens with one attached hydrogen (secondary N) is 1. The van der Waals surface area contributed by atoms with Crippen LogP contribution in [0.1, 0.15) is 36.8 Å². The predicted molar refractivity (Wildman–Crippen MR) is 110 cm³/mol. The number of nitriles is 2. The number of hydrogen-bond acceptors (Lipinski definition) is 4. The third-order valence-corrected chi connectivity index (χ3v) is 6.69. The van der Waals surface area contributed by atoms with Crippen molar-refractivity contribution < 1.29 is 9.18 Å². The Morgan fingerprint density at radius 2 is 1.93 bits per heavy atom. The largest absolute Gasteiger partial charge is 0.340 e. The van der Waals surface area contributed by atoms with Gasteiger partial charge in [-0.05, 0) is 59.4 Å². The molecule has 30 heavy (non-hydrogen) atoms. The summed E-state index contributed by atoms with van der Waals surface area (Å²) in [7, 11) is 0. The maximum atomic E-state index is 13.8. The molecule has 0 aliphatic heterocycles. The van der Waals surface area contributed by atoms with Gasteiger partial charge in [0, 0.05) is 18.9 Å². The van der Waals surface area contributed by atoms with E-state index in [-0.39, 0.29) is 22.9 Å². The molecular formula is C24H23FN4O. The molecule has 3 unspecified atom stereocenters. The van der Waals surface area contributed by atoms with Crippen LogP contribution >= 0.6 is 0 Å². The molecule has 0 bridgehead atoms. The first-order valence-corrected chi connectivity index (χ1v) is 10.2. The van der Waals surface area contributed by atoms with Gasteiger partial charge in [-0.25, -0.2) is 4.39 Å². The summed E-state index contributed by atoms with van der Waals surface area (Å²) in [5, 5.41) is 21.1. The number of nitrogens with zero attached hydrogens (tertiary/aromatic N) is 2. The number of rotatable bonds is 6. The Morgan fingerprint density at radius 1 is 1.23 bits per heavy atom. The Labute approximate surface area is 175 Å². The van der Waals surface area contributed by atoms with Gasteiger partial charge in [0.05, 0.1) is 11.6 Å². The summed E-state index contributed by atoms with van der Waals surface area (Å²) in [6.45, 7) is 0. The Bertz CT molecular complexity index is 1050. The lowest BCUT2D eigenvalue weighted by atomic mass is 9.68. The highest BCUT2D eigenvalue weighted by atomic mass is 19.1. The minimum Gasteiger partial charge on any atom is -0.340 e. The van der Waals surface area contributed by atoms with Gasteiger partial charge in [-0.15, -0.1) is 0 Å². The summed E-state index contributed by atoms with van der Waals surface area (Å²) in [5.74, 6) is -0.292. The third-order valence-electron chi connectivity index (χ3n) is 6.69. The van der Waals surface area contributed by atoms with E-state index in [9.17, 15) is 14.4 Å². The summed E-state index contributed by atoms with van der Waals surface area (Å²) in [4.78, 5) is 12.4. The smallest absolute Gasteiger partial charge is 0.221 e. The van der Waals surface area contributed by atoms with Gasteiger partial charge in [-0.1, -0.05) is 30.3 Å². The monoisotopic (exact) mass is 402 g/mol. The van der Waals surface area contributed by atoms with E-state index in [2.05, 4.69) is 11.4 Å². The van der Waals surface area contributed by atoms with E-state index in [1.807, 2.05) is 30.3 Å². The molecule has 3 N–H and O–H groups in total. The van der Waals surface area contributed by atoms with E-state index in [0.29, 0.717) is 24.3 Å². The van der Waals surface area contributed by atoms with Crippen molar-refractivity contribution in [2.24, 2.45) is 17.1 Å². The molecule has 5 nitrogen and oxygen atoms in total. The highest BCUT2D eigenvalue weighted by molar-refractivity contribution is 5.77. The molecular weight excluding hydrogens is 379 g/mol. The van der Waals surface area contributed by atoms with Crippen LogP contribution in [0.3, 0.4) is 0 Å². The zero-order chi connectivity index (χ0) is 21.3. The molecule has 2 saturated carbocycles. The highest BCUT2D eigenvalue weighted by Crippen LogP contribution is 2.64. The van der Waals surface area contributed by atoms with E-state index < -0.39 is 11.9 Å². The van der Waals surface area contributed by atoms with Crippen molar-refractivity contribution in [3.05, 3.63) is 59.4 Å². The van der Waals surface area contributed by atoms with E-state index in [1.165, 1.54) is 12.1 Å². The summed E-state index contributed by atoms with van der Waals surface area (Å²) in [5.41, 5.74) is 8.62. The molecule has 2 aromatic rings. The molecule has 0 radical (unpaired) electrons. The molecule has 0 heterocycles. The lowest BCUT2D eigenvalue weighted by Gasteiger charge is -2.37. The van der Waals surface area contributed by atoms with Crippen molar-refractivity contribution in [3.63, 3.8) is 0 Å². The molecule has 4 rings (SSSR count). The van der Waals surface area contributed by atoms with Gasteiger partial charge in [0.1, 0.15) is 17.9 Å². The second kappa shape index (κ2) is 7.89. The van der Waals surface area contributed by atoms with Crippen molar-refractivity contribution in [2.45, 2.75) is 44.2 Å². The molecule has 4 atom stereocenters. The van der Waals surface area contributed by atoms with Crippen molar-refractivity contribution in [2.75, 3.05) is 0 Å². The minimum absolute atomic E-state index is 0.0134. The van der Waals surface area contributed by atoms with Gasteiger partial charge < -0.3 is 11.1 Å². The Morgan fingerprint density at radius 3 is 2.47 bits per heavy atom. The van der Waals surface area contributed by atoms with Crippen LogP contribution in [-0.2, 0) is 11.2 Å². The zero-order valence-electron chi connectivity index (χ0n) is 16.6. The average molecular weight is 402 g/mol. The van der Waals surface area contributed by atoms with Crippen molar-refractivity contribution in [1.29, 1.82) is 10.5 Å². The lowest BCUT2D eigenvalue weighted by Crippen LogP contribution is -2.41. The summed E-state index contributed by atoms with van der Waals surface area (Å²) < 4.78 is 13.8. The van der Waals surface area contributed by atoms with Crippen molar-refractivity contribution in [3.8, 4) is 23.3 Å². The van der Waals surface area contributed by atoms with E-state index >= 15 is 0 Å². The standard InChI is InChI=1S/C24H23FN4O/c25-21-10-17(5-6-18(21)13-26)16-3-1-15(2-4-16)9-20(14-27)29-23(30)11-19-7-8-24(19)12-22(24)28/h1-6,10,19-20,22H,7-9,11-12,28H2,(H,29,30)/t19?,20-,22?,24?/m0/s1. The normalized spacial score (nSPS) is 24.9. The van der Waals surface area contributed by atoms with Crippen LogP contribution in [-0.4, -0.2) is 18.0 Å². The van der Waals surface area contributed by atoms with Gasteiger partial charge in [0.2, 0.25) is 5.91 Å². The van der Waals surface area contributed by atoms with E-state index in [0.717, 1.165) is 30.4 Å². The van der Waals surface area contributed by atoms with Crippen LogP contribution in [0.4, 0.5) is 4.39 Å². The topological polar surface area (TPSA) is 103 Å². The number of carbonyl (C=O) groups excluding carboxylic acids is 1. The Balaban J connectivity index is 1.35. The molecule has 152 valence electrons. The van der Waals surface area contributed by atoms with Crippen molar-refractivity contribution >= 4 is 5.91 Å². The molecule has 2 fully saturated rings. The molecule has 1 spiro atoms. The zero-order valence-corrected chi connectivity index (χ0v) is 16.6. The second-order valence-electron chi connectivity index (χ2n) is 8.44. The molecule has 2 aliphatic rings. The molecule has 0 saturated heterocycles. The fourth-order valence-corrected chi connectivity index (χ4v) is 4.59. The van der Waals surface area contributed by atoms with Crippen LogP contribution in [0.25, 0.3) is 11.1 Å². The van der Waals surface area contributed by atoms with Crippen LogP contribution in [0.15, 0.2) is 42.5 Å². The highest BCUT2D eigenvalue weighted by Gasteiger charge is 2.62. The molecule has 2 aromatic carbocycles. The SMILES string of the molecule is N#Cc1ccc(-c2ccc(C[C@@H](C#N)NC(=O)CC3CCC34CC4N)cc2)cc1F. The Hall–Kier alpha value is -3.22. The fraction of sp³-hybridized carbons (Fsp3) is 0.375. The van der Waals surface area contributed by atoms with Crippen LogP contribution in [0.2, 0.25) is 0 Å². The summed E-state index contributed by atoms with van der Waals surface area (Å²) in [6, 6.07) is 15.5. The molecule has 1 amide bonds. The number of halogens is 1. The van der Waals surface area contributed by atoms with E-state index in [4.69, 9.17) is 11.0 Å². The quantitative estimate of drug-likeness (QED) is 0.772. The van der Waals surface area contributed by atoms with Crippen LogP contribution in [0, 0.1) is 39.8 Å². The predicted octanol–water partition coefficient (Wildman–Crippen LogP) is 3.43. The first-order chi connectivity index (χ1) is 14.4. The second-order valence-corrected chi connectivity index (χ2v) is 8.44. The van der Waals surface area contributed by atoms with Crippen LogP contribution < -0.4 is 11.1 Å². The first kappa shape index (κ1) is 20.1. The number of carbonyl (C=O) groups is 1. The number of amides is 1. The minimum atomic E-state index is -0.598. The number of hydrogen-bond donors (Lipinski definition) is 2. The van der Waals surface area contributed by atoms with E-state index in [1.54, 1.807) is 6.07 Å². The maximum Gasteiger partial charge on any atom is 0.221 e. The Kier molecular flexibility index (Phi) is 5.28. The van der Waals surface area contributed by atoms with Gasteiger partial charge in [-0.2, -0.15) is 10.5 Å². The first-order valence-electron chi connectivity index (χ1n) is 10.2. The molecule has 6 heteroatoms. The third kappa shape index (κ3) is 3.79. The van der Waals surface area contributed by atoms with Gasteiger partial charge in [0.25, 0.3) is 0 Å². The van der Waals surface area contributed by atoms with Crippen LogP contribution in [0.5, 0.6) is 0 Å². The fourth-order valence-electron chi connectivity index (χ4n) is 4.59. The summed E-state index contributed by atoms with van der Waals surface area (Å²) >= 11 is 0. The number of nitrogens with two attached hydrogens (primary N) is 1. The lowest BCUT2D eigenvalue weighted by molar-refractivity contribution is -0.124. The molecule has 2 aliphatic carbocycles. The molecule has 0 aromatic heterocycles. The summed E-state index contributed by atoms with van der Waals surface area (Å²) in [6.07, 6.45) is 4.01. The van der Waals surface area contributed by atoms with Gasteiger partial charge in [-0.3, -0.25) is 4.79 Å². The maximum absolute atomic E-state index is 13.8. The van der Waals surface area contributed by atoms with Gasteiger partial charge in [0.15, 0.2) is 0 Å². The average Bonchev–Trinajstić information content (AvgIpc) is 3.45. The van der Waals surface area contributed by atoms with Gasteiger partial charge >= 0.3 is 0 Å². The van der Waals surface area contributed by atoms with Crippen molar-refractivity contribution in [1.82, 2.24) is 5.32 Å².